The summed E-state index contributed by atoms with van der Waals surface area (Å²) in [7, 11) is 1.59. The van der Waals surface area contributed by atoms with Crippen molar-refractivity contribution in [2.75, 3.05) is 38.2 Å². The minimum Gasteiger partial charge on any atom is -0.497 e. The average molecular weight is 481 g/mol. The third kappa shape index (κ3) is 6.28. The average Bonchev–Trinajstić information content (AvgIpc) is 2.80. The second-order valence-electron chi connectivity index (χ2n) is 8.40. The number of fused-ring (bicyclic) bond motifs is 1. The molecule has 32 heavy (non-hydrogen) atoms. The molecule has 3 atom stereocenters. The third-order valence-corrected chi connectivity index (χ3v) is 7.74. The number of benzene rings is 1. The summed E-state index contributed by atoms with van der Waals surface area (Å²) < 4.78 is 5.32. The van der Waals surface area contributed by atoms with Gasteiger partial charge in [-0.25, -0.2) is 0 Å². The van der Waals surface area contributed by atoms with Crippen LogP contribution in [0.25, 0.3) is 10.9 Å². The van der Waals surface area contributed by atoms with E-state index in [4.69, 9.17) is 16.3 Å². The fourth-order valence-electron chi connectivity index (χ4n) is 4.49. The summed E-state index contributed by atoms with van der Waals surface area (Å²) in [4.78, 5) is 18.6. The van der Waals surface area contributed by atoms with Gasteiger partial charge in [0, 0.05) is 36.0 Å². The monoisotopic (exact) mass is 480 g/mol. The van der Waals surface area contributed by atoms with Gasteiger partial charge in [-0.2, -0.15) is 11.8 Å². The van der Waals surface area contributed by atoms with Crippen LogP contribution in [-0.2, 0) is 4.79 Å². The number of methoxy groups -OCH3 is 1. The van der Waals surface area contributed by atoms with Crippen molar-refractivity contribution in [2.45, 2.75) is 38.7 Å². The Labute approximate surface area is 199 Å². The molecular formula is C24H33ClN2O4S. The highest BCUT2D eigenvalue weighted by atomic mass is 35.5. The zero-order valence-corrected chi connectivity index (χ0v) is 20.4. The number of aromatic nitrogens is 1. The Bertz CT molecular complexity index is 913. The summed E-state index contributed by atoms with van der Waals surface area (Å²) in [5.74, 6) is 1.76. The van der Waals surface area contributed by atoms with Crippen LogP contribution in [0.4, 0.5) is 0 Å². The van der Waals surface area contributed by atoms with Crippen LogP contribution in [0, 0.1) is 11.8 Å². The van der Waals surface area contributed by atoms with Gasteiger partial charge < -0.3 is 19.8 Å². The molecule has 2 heterocycles. The van der Waals surface area contributed by atoms with Crippen LogP contribution in [0.2, 0.25) is 5.02 Å². The van der Waals surface area contributed by atoms with Crippen molar-refractivity contribution in [3.05, 3.63) is 35.0 Å². The maximum Gasteiger partial charge on any atom is 0.308 e. The van der Waals surface area contributed by atoms with Crippen LogP contribution in [0.15, 0.2) is 24.4 Å². The van der Waals surface area contributed by atoms with E-state index in [2.05, 4.69) is 16.8 Å². The molecule has 176 valence electrons. The minimum atomic E-state index is -0.793. The Kier molecular flexibility index (Phi) is 9.46. The number of aliphatic carboxylic acids is 1. The normalized spacial score (nSPS) is 20.4. The maximum absolute atomic E-state index is 12.0. The van der Waals surface area contributed by atoms with E-state index < -0.39 is 18.0 Å². The van der Waals surface area contributed by atoms with Crippen molar-refractivity contribution in [3.63, 3.8) is 0 Å². The van der Waals surface area contributed by atoms with Gasteiger partial charge in [0.05, 0.1) is 29.7 Å². The number of rotatable bonds is 11. The third-order valence-electron chi connectivity index (χ3n) is 6.27. The lowest BCUT2D eigenvalue weighted by Gasteiger charge is -2.37. The molecular weight excluding hydrogens is 448 g/mol. The van der Waals surface area contributed by atoms with E-state index in [1.807, 2.05) is 30.0 Å². The van der Waals surface area contributed by atoms with Gasteiger partial charge in [-0.05, 0) is 62.1 Å². The smallest absolute Gasteiger partial charge is 0.308 e. The lowest BCUT2D eigenvalue weighted by Crippen LogP contribution is -2.44. The zero-order chi connectivity index (χ0) is 23.1. The summed E-state index contributed by atoms with van der Waals surface area (Å²) in [5.41, 5.74) is 1.37. The van der Waals surface area contributed by atoms with Gasteiger partial charge in [0.1, 0.15) is 5.75 Å². The minimum absolute atomic E-state index is 0.0445. The Morgan fingerprint density at radius 3 is 2.94 bits per heavy atom. The Hall–Kier alpha value is -1.54. The van der Waals surface area contributed by atoms with E-state index in [1.165, 1.54) is 0 Å². The molecule has 1 fully saturated rings. The number of carboxylic acid groups (broad SMARTS) is 1. The SMILES string of the molecule is CCCSCCN1CCC(CC[C@@H](O)c2c(Cl)cnc3ccc(OC)cc23)C(C(=O)O)C1. The van der Waals surface area contributed by atoms with E-state index in [9.17, 15) is 15.0 Å². The Morgan fingerprint density at radius 2 is 2.22 bits per heavy atom. The van der Waals surface area contributed by atoms with Crippen molar-refractivity contribution in [1.29, 1.82) is 0 Å². The predicted octanol–water partition coefficient (Wildman–Crippen LogP) is 4.88. The molecule has 0 bridgehead atoms. The quantitative estimate of drug-likeness (QED) is 0.443. The molecule has 1 saturated heterocycles. The highest BCUT2D eigenvalue weighted by Gasteiger charge is 2.34. The first-order valence-electron chi connectivity index (χ1n) is 11.3. The number of nitrogens with zero attached hydrogens (tertiary/aromatic N) is 2. The lowest BCUT2D eigenvalue weighted by molar-refractivity contribution is -0.146. The van der Waals surface area contributed by atoms with E-state index >= 15 is 0 Å². The molecule has 0 aliphatic carbocycles. The molecule has 2 aromatic rings. The van der Waals surface area contributed by atoms with Crippen LogP contribution < -0.4 is 4.74 Å². The van der Waals surface area contributed by atoms with Crippen molar-refractivity contribution in [1.82, 2.24) is 9.88 Å². The molecule has 1 aliphatic rings. The standard InChI is InChI=1S/C24H33ClN2O4S/c1-3-11-32-12-10-27-9-8-16(19(15-27)24(29)30)4-7-22(28)23-18-13-17(31-2)5-6-21(18)26-14-20(23)25/h5-6,13-14,16,19,22,28H,3-4,7-12,15H2,1-2H3,(H,29,30)/t16?,19?,22-/m1/s1. The molecule has 1 aromatic carbocycles. The highest BCUT2D eigenvalue weighted by Crippen LogP contribution is 2.36. The number of pyridine rings is 1. The molecule has 0 radical (unpaired) electrons. The van der Waals surface area contributed by atoms with Gasteiger partial charge >= 0.3 is 5.97 Å². The topological polar surface area (TPSA) is 82.9 Å². The molecule has 0 amide bonds. The summed E-state index contributed by atoms with van der Waals surface area (Å²) in [5, 5.41) is 22.0. The largest absolute Gasteiger partial charge is 0.497 e. The number of piperidine rings is 1. The first kappa shape index (κ1) is 25.1. The predicted molar refractivity (Wildman–Crippen MR) is 131 cm³/mol. The van der Waals surface area contributed by atoms with Crippen LogP contribution in [0.3, 0.4) is 0 Å². The van der Waals surface area contributed by atoms with E-state index in [1.54, 1.807) is 13.3 Å². The number of ether oxygens (including phenoxy) is 1. The number of carboxylic acids is 1. The number of aliphatic hydroxyl groups is 1. The van der Waals surface area contributed by atoms with Crippen LogP contribution in [-0.4, -0.2) is 64.3 Å². The molecule has 3 rings (SSSR count). The van der Waals surface area contributed by atoms with Crippen molar-refractivity contribution < 1.29 is 19.7 Å². The van der Waals surface area contributed by atoms with Crippen LogP contribution in [0.5, 0.6) is 5.75 Å². The number of aliphatic hydroxyl groups excluding tert-OH is 1. The summed E-state index contributed by atoms with van der Waals surface area (Å²) in [6.07, 6.45) is 3.86. The van der Waals surface area contributed by atoms with Gasteiger partial charge in [0.25, 0.3) is 0 Å². The van der Waals surface area contributed by atoms with Crippen LogP contribution in [0.1, 0.15) is 44.3 Å². The number of thioether (sulfide) groups is 1. The molecule has 0 spiro atoms. The number of hydrogen-bond acceptors (Lipinski definition) is 6. The van der Waals surface area contributed by atoms with Crippen LogP contribution >= 0.6 is 23.4 Å². The van der Waals surface area contributed by atoms with Crippen molar-refractivity contribution in [3.8, 4) is 5.75 Å². The first-order chi connectivity index (χ1) is 15.4. The molecule has 2 unspecified atom stereocenters. The fraction of sp³-hybridized carbons (Fsp3) is 0.583. The van der Waals surface area contributed by atoms with Gasteiger partial charge in [0.2, 0.25) is 0 Å². The van der Waals surface area contributed by atoms with Gasteiger partial charge in [-0.1, -0.05) is 18.5 Å². The van der Waals surface area contributed by atoms with E-state index in [-0.39, 0.29) is 5.92 Å². The maximum atomic E-state index is 12.0. The summed E-state index contributed by atoms with van der Waals surface area (Å²) in [6.45, 7) is 4.60. The Balaban J connectivity index is 1.66. The fourth-order valence-corrected chi connectivity index (χ4v) is 5.64. The lowest BCUT2D eigenvalue weighted by atomic mass is 9.81. The number of likely N-dealkylation sites (tertiary alicyclic amines) is 1. The highest BCUT2D eigenvalue weighted by molar-refractivity contribution is 7.99. The molecule has 0 saturated carbocycles. The molecule has 2 N–H and O–H groups in total. The summed E-state index contributed by atoms with van der Waals surface area (Å²) in [6, 6.07) is 5.50. The Morgan fingerprint density at radius 1 is 1.41 bits per heavy atom. The van der Waals surface area contributed by atoms with Gasteiger partial charge in [-0.15, -0.1) is 0 Å². The number of hydrogen-bond donors (Lipinski definition) is 2. The second-order valence-corrected chi connectivity index (χ2v) is 10.0. The summed E-state index contributed by atoms with van der Waals surface area (Å²) >= 11 is 8.34. The zero-order valence-electron chi connectivity index (χ0n) is 18.8. The molecule has 6 nitrogen and oxygen atoms in total. The molecule has 8 heteroatoms. The van der Waals surface area contributed by atoms with E-state index in [0.717, 1.165) is 48.3 Å². The van der Waals surface area contributed by atoms with Gasteiger partial charge in [-0.3, -0.25) is 9.78 Å². The van der Waals surface area contributed by atoms with Crippen molar-refractivity contribution in [2.24, 2.45) is 11.8 Å². The number of halogens is 1. The molecule has 1 aromatic heterocycles. The van der Waals surface area contributed by atoms with Crippen molar-refractivity contribution >= 4 is 40.2 Å². The number of carbonyl (C=O) groups is 1. The van der Waals surface area contributed by atoms with E-state index in [0.29, 0.717) is 35.7 Å². The second kappa shape index (κ2) is 12.1. The first-order valence-corrected chi connectivity index (χ1v) is 12.8. The molecule has 1 aliphatic heterocycles. The van der Waals surface area contributed by atoms with Gasteiger partial charge in [0.15, 0.2) is 0 Å².